The van der Waals surface area contributed by atoms with Gasteiger partial charge in [-0.1, -0.05) is 5.92 Å². The minimum Gasteiger partial charge on any atom is -0.461 e. The number of aliphatic hydroxyl groups is 1. The number of fused-ring (bicyclic) bond motifs is 1. The minimum absolute atomic E-state index is 0.170. The molecule has 0 aromatic carbocycles. The number of hydrogen-bond donors (Lipinski definition) is 2. The van der Waals surface area contributed by atoms with Crippen molar-refractivity contribution in [1.82, 2.24) is 24.5 Å². The maximum absolute atomic E-state index is 12.2. The molecule has 0 saturated carbocycles. The zero-order valence-corrected chi connectivity index (χ0v) is 17.6. The monoisotopic (exact) mass is 424 g/mol. The molecule has 1 fully saturated rings. The maximum atomic E-state index is 12.2. The third-order valence-electron chi connectivity index (χ3n) is 4.75. The lowest BCUT2D eigenvalue weighted by Gasteiger charge is -2.35. The van der Waals surface area contributed by atoms with Gasteiger partial charge in [0.1, 0.15) is 16.9 Å². The number of piperidine rings is 1. The first-order valence-electron chi connectivity index (χ1n) is 9.92. The Morgan fingerprint density at radius 1 is 1.32 bits per heavy atom. The molecule has 10 heteroatoms. The van der Waals surface area contributed by atoms with Crippen LogP contribution < -0.4 is 5.73 Å². The van der Waals surface area contributed by atoms with Crippen molar-refractivity contribution < 1.29 is 19.1 Å². The summed E-state index contributed by atoms with van der Waals surface area (Å²) in [5.74, 6) is 6.82. The summed E-state index contributed by atoms with van der Waals surface area (Å²) in [6.07, 6.45) is 3.36. The first kappa shape index (κ1) is 20.7. The van der Waals surface area contributed by atoms with Crippen LogP contribution in [0, 0.1) is 11.8 Å². The molecular formula is C21H24N6O4. The van der Waals surface area contributed by atoms with Gasteiger partial charge in [-0.15, -0.1) is 5.10 Å². The molecule has 1 saturated heterocycles. The summed E-state index contributed by atoms with van der Waals surface area (Å²) < 4.78 is 12.2. The summed E-state index contributed by atoms with van der Waals surface area (Å²) in [4.78, 5) is 22.4. The van der Waals surface area contributed by atoms with Crippen molar-refractivity contribution in [3.63, 3.8) is 0 Å². The molecule has 1 amide bonds. The second kappa shape index (κ2) is 7.59. The van der Waals surface area contributed by atoms with Gasteiger partial charge in [-0.05, 0) is 38.8 Å². The second-order valence-corrected chi connectivity index (χ2v) is 8.44. The standard InChI is InChI=1S/C21H24N6O4/c1-20(2,3)31-19(28)26-10-8-21(29,9-11-26)7-6-14-13-27-18(16(22)23-14)24-17(25-27)15-5-4-12-30-15/h4-5,12-13,29H,8-11H2,1-3H3,(H2,22,23). The molecule has 31 heavy (non-hydrogen) atoms. The zero-order chi connectivity index (χ0) is 22.2. The van der Waals surface area contributed by atoms with Gasteiger partial charge in [0.2, 0.25) is 5.82 Å². The van der Waals surface area contributed by atoms with E-state index >= 15 is 0 Å². The van der Waals surface area contributed by atoms with E-state index in [-0.39, 0.29) is 11.9 Å². The van der Waals surface area contributed by atoms with E-state index in [0.29, 0.717) is 48.9 Å². The third kappa shape index (κ3) is 4.62. The smallest absolute Gasteiger partial charge is 0.410 e. The number of amides is 1. The highest BCUT2D eigenvalue weighted by Gasteiger charge is 2.34. The van der Waals surface area contributed by atoms with Crippen molar-refractivity contribution in [1.29, 1.82) is 0 Å². The molecule has 0 spiro atoms. The molecule has 3 aromatic heterocycles. The lowest BCUT2D eigenvalue weighted by atomic mass is 9.92. The van der Waals surface area contributed by atoms with Crippen molar-refractivity contribution in [2.75, 3.05) is 18.8 Å². The van der Waals surface area contributed by atoms with Crippen LogP contribution in [-0.4, -0.2) is 60.0 Å². The average molecular weight is 424 g/mol. The highest BCUT2D eigenvalue weighted by atomic mass is 16.6. The van der Waals surface area contributed by atoms with Crippen molar-refractivity contribution in [3.05, 3.63) is 30.3 Å². The topological polar surface area (TPSA) is 132 Å². The first-order chi connectivity index (χ1) is 14.6. The van der Waals surface area contributed by atoms with Crippen LogP contribution >= 0.6 is 0 Å². The van der Waals surface area contributed by atoms with Crippen LogP contribution in [0.4, 0.5) is 10.6 Å². The minimum atomic E-state index is -1.23. The zero-order valence-electron chi connectivity index (χ0n) is 17.6. The highest BCUT2D eigenvalue weighted by molar-refractivity contribution is 5.68. The number of rotatable bonds is 1. The van der Waals surface area contributed by atoms with E-state index in [4.69, 9.17) is 14.9 Å². The molecule has 0 unspecified atom stereocenters. The highest BCUT2D eigenvalue weighted by Crippen LogP contribution is 2.23. The van der Waals surface area contributed by atoms with Crippen LogP contribution in [0.5, 0.6) is 0 Å². The third-order valence-corrected chi connectivity index (χ3v) is 4.75. The molecule has 0 atom stereocenters. The summed E-state index contributed by atoms with van der Waals surface area (Å²) in [7, 11) is 0. The van der Waals surface area contributed by atoms with Gasteiger partial charge >= 0.3 is 6.09 Å². The summed E-state index contributed by atoms with van der Waals surface area (Å²) in [5.41, 5.74) is 4.96. The quantitative estimate of drug-likeness (QED) is 0.568. The fourth-order valence-corrected chi connectivity index (χ4v) is 3.17. The molecule has 4 rings (SSSR count). The van der Waals surface area contributed by atoms with E-state index < -0.39 is 11.2 Å². The molecule has 4 heterocycles. The lowest BCUT2D eigenvalue weighted by Crippen LogP contribution is -2.47. The number of nitrogen functional groups attached to an aromatic ring is 1. The summed E-state index contributed by atoms with van der Waals surface area (Å²) in [5, 5.41) is 15.2. The predicted octanol–water partition coefficient (Wildman–Crippen LogP) is 2.08. The number of nitrogens with two attached hydrogens (primary N) is 1. The SMILES string of the molecule is CC(C)(C)OC(=O)N1CCC(O)(C#Cc2cn3nc(-c4ccco4)nc3c(N)n2)CC1. The van der Waals surface area contributed by atoms with E-state index in [2.05, 4.69) is 26.9 Å². The number of carbonyl (C=O) groups is 1. The normalized spacial score (nSPS) is 16.1. The molecule has 0 radical (unpaired) electrons. The average Bonchev–Trinajstić information content (AvgIpc) is 3.35. The fourth-order valence-electron chi connectivity index (χ4n) is 3.17. The summed E-state index contributed by atoms with van der Waals surface area (Å²) in [6.45, 7) is 6.16. The molecule has 0 aliphatic carbocycles. The van der Waals surface area contributed by atoms with Crippen LogP contribution in [0.15, 0.2) is 29.0 Å². The number of ether oxygens (including phenoxy) is 1. The molecule has 1 aliphatic rings. The van der Waals surface area contributed by atoms with Gasteiger partial charge in [0.05, 0.1) is 12.5 Å². The largest absolute Gasteiger partial charge is 0.461 e. The van der Waals surface area contributed by atoms with E-state index in [1.165, 1.54) is 10.8 Å². The van der Waals surface area contributed by atoms with Gasteiger partial charge < -0.3 is 24.9 Å². The molecule has 3 N–H and O–H groups in total. The maximum Gasteiger partial charge on any atom is 0.410 e. The van der Waals surface area contributed by atoms with Crippen molar-refractivity contribution >= 4 is 17.6 Å². The van der Waals surface area contributed by atoms with Gasteiger partial charge in [0.15, 0.2) is 17.2 Å². The van der Waals surface area contributed by atoms with Crippen LogP contribution in [0.1, 0.15) is 39.3 Å². The van der Waals surface area contributed by atoms with Gasteiger partial charge in [0.25, 0.3) is 0 Å². The van der Waals surface area contributed by atoms with Gasteiger partial charge in [-0.2, -0.15) is 0 Å². The number of hydrogen-bond acceptors (Lipinski definition) is 8. The Hall–Kier alpha value is -3.58. The van der Waals surface area contributed by atoms with Gasteiger partial charge in [-0.3, -0.25) is 0 Å². The lowest BCUT2D eigenvalue weighted by molar-refractivity contribution is -0.00514. The Bertz CT molecular complexity index is 1160. The Kier molecular flexibility index (Phi) is 5.07. The van der Waals surface area contributed by atoms with Crippen molar-refractivity contribution in [2.45, 2.75) is 44.8 Å². The van der Waals surface area contributed by atoms with Gasteiger partial charge in [0, 0.05) is 25.9 Å². The Morgan fingerprint density at radius 3 is 2.71 bits per heavy atom. The van der Waals surface area contributed by atoms with Crippen LogP contribution in [0.2, 0.25) is 0 Å². The van der Waals surface area contributed by atoms with E-state index in [1.807, 2.05) is 20.8 Å². The van der Waals surface area contributed by atoms with E-state index in [9.17, 15) is 9.90 Å². The van der Waals surface area contributed by atoms with Crippen LogP contribution in [-0.2, 0) is 4.74 Å². The Balaban J connectivity index is 1.49. The van der Waals surface area contributed by atoms with Crippen molar-refractivity contribution in [2.24, 2.45) is 0 Å². The number of likely N-dealkylation sites (tertiary alicyclic amines) is 1. The van der Waals surface area contributed by atoms with Crippen molar-refractivity contribution in [3.8, 4) is 23.4 Å². The van der Waals surface area contributed by atoms with E-state index in [0.717, 1.165) is 0 Å². The summed E-state index contributed by atoms with van der Waals surface area (Å²) in [6, 6.07) is 3.49. The van der Waals surface area contributed by atoms with Gasteiger partial charge in [-0.25, -0.2) is 19.3 Å². The molecule has 162 valence electrons. The Labute approximate surface area is 179 Å². The molecule has 3 aromatic rings. The predicted molar refractivity (Wildman–Crippen MR) is 112 cm³/mol. The Morgan fingerprint density at radius 2 is 2.06 bits per heavy atom. The molecule has 10 nitrogen and oxygen atoms in total. The molecular weight excluding hydrogens is 400 g/mol. The second-order valence-electron chi connectivity index (χ2n) is 8.44. The first-order valence-corrected chi connectivity index (χ1v) is 9.92. The fraction of sp³-hybridized carbons (Fsp3) is 0.429. The van der Waals surface area contributed by atoms with Crippen LogP contribution in [0.3, 0.4) is 0 Å². The number of nitrogens with zero attached hydrogens (tertiary/aromatic N) is 5. The number of furan rings is 1. The molecule has 0 bridgehead atoms. The summed E-state index contributed by atoms with van der Waals surface area (Å²) >= 11 is 0. The van der Waals surface area contributed by atoms with E-state index in [1.54, 1.807) is 23.2 Å². The number of aromatic nitrogens is 4. The number of anilines is 1. The van der Waals surface area contributed by atoms with Crippen LogP contribution in [0.25, 0.3) is 17.2 Å². The molecule has 1 aliphatic heterocycles. The number of carbonyl (C=O) groups excluding carboxylic acids is 1.